The second-order valence-corrected chi connectivity index (χ2v) is 2.92. The van der Waals surface area contributed by atoms with E-state index in [9.17, 15) is 4.79 Å². The van der Waals surface area contributed by atoms with E-state index in [0.717, 1.165) is 16.6 Å². The fraction of sp³-hybridized carbons (Fsp3) is 0. The first kappa shape index (κ1) is 8.50. The molecule has 0 radical (unpaired) electrons. The number of hydrogen-bond acceptors (Lipinski definition) is 2. The van der Waals surface area contributed by atoms with E-state index in [4.69, 9.17) is 5.73 Å². The first-order chi connectivity index (χ1) is 6.75. The van der Waals surface area contributed by atoms with Crippen LogP contribution in [0, 0.1) is 0 Å². The molecule has 2 aromatic rings. The van der Waals surface area contributed by atoms with Crippen LogP contribution >= 0.6 is 0 Å². The lowest BCUT2D eigenvalue weighted by Crippen LogP contribution is -2.05. The Morgan fingerprint density at radius 1 is 1.57 bits per heavy atom. The number of H-pyrrole nitrogens is 1. The van der Waals surface area contributed by atoms with Crippen LogP contribution in [0.25, 0.3) is 17.1 Å². The second kappa shape index (κ2) is 3.33. The first-order valence-electron chi connectivity index (χ1n) is 4.16. The molecule has 4 nitrogen and oxygen atoms in total. The highest BCUT2D eigenvalue weighted by Crippen LogP contribution is 2.11. The summed E-state index contributed by atoms with van der Waals surface area (Å²) in [6.07, 6.45) is 6.45. The van der Waals surface area contributed by atoms with Crippen molar-refractivity contribution in [2.24, 2.45) is 5.73 Å². The topological polar surface area (TPSA) is 71.8 Å². The number of hydrogen-bond donors (Lipinski definition) is 2. The maximum absolute atomic E-state index is 10.5. The SMILES string of the molecule is NC(=O)/C=C\c1cnc2[nH]ccc2c1. The lowest BCUT2D eigenvalue weighted by molar-refractivity contribution is -0.113. The van der Waals surface area contributed by atoms with Crippen LogP contribution < -0.4 is 5.73 Å². The highest BCUT2D eigenvalue weighted by molar-refractivity contribution is 5.90. The minimum atomic E-state index is -0.459. The van der Waals surface area contributed by atoms with E-state index in [-0.39, 0.29) is 0 Å². The molecule has 0 aliphatic carbocycles. The lowest BCUT2D eigenvalue weighted by atomic mass is 10.2. The average Bonchev–Trinajstić information content (AvgIpc) is 2.61. The normalized spacial score (nSPS) is 11.1. The number of rotatable bonds is 2. The molecule has 0 saturated heterocycles. The highest BCUT2D eigenvalue weighted by Gasteiger charge is 1.95. The van der Waals surface area contributed by atoms with Gasteiger partial charge in [-0.05, 0) is 23.8 Å². The summed E-state index contributed by atoms with van der Waals surface area (Å²) in [5.41, 5.74) is 6.67. The van der Waals surface area contributed by atoms with E-state index in [2.05, 4.69) is 9.97 Å². The van der Waals surface area contributed by atoms with Crippen molar-refractivity contribution in [1.29, 1.82) is 0 Å². The van der Waals surface area contributed by atoms with Gasteiger partial charge in [-0.15, -0.1) is 0 Å². The predicted octanol–water partition coefficient (Wildman–Crippen LogP) is 1.06. The molecule has 2 rings (SSSR count). The minimum Gasteiger partial charge on any atom is -0.366 e. The van der Waals surface area contributed by atoms with Crippen molar-refractivity contribution in [3.63, 3.8) is 0 Å². The maximum atomic E-state index is 10.5. The standard InChI is InChI=1S/C10H9N3O/c11-9(14)2-1-7-5-8-3-4-12-10(8)13-6-7/h1-6H,(H2,11,14)(H,12,13)/b2-1-. The molecule has 0 aromatic carbocycles. The van der Waals surface area contributed by atoms with Crippen LogP contribution in [0.5, 0.6) is 0 Å². The van der Waals surface area contributed by atoms with E-state index >= 15 is 0 Å². The number of amides is 1. The van der Waals surface area contributed by atoms with Crippen LogP contribution in [0.3, 0.4) is 0 Å². The van der Waals surface area contributed by atoms with Gasteiger partial charge in [0.1, 0.15) is 5.65 Å². The molecular weight excluding hydrogens is 178 g/mol. The van der Waals surface area contributed by atoms with Gasteiger partial charge in [0.15, 0.2) is 0 Å². The molecule has 4 heteroatoms. The molecule has 0 aliphatic heterocycles. The number of nitrogens with two attached hydrogens (primary N) is 1. The fourth-order valence-electron chi connectivity index (χ4n) is 1.23. The molecule has 2 heterocycles. The van der Waals surface area contributed by atoms with Crippen molar-refractivity contribution in [3.8, 4) is 0 Å². The van der Waals surface area contributed by atoms with Gasteiger partial charge in [0.25, 0.3) is 0 Å². The van der Waals surface area contributed by atoms with Gasteiger partial charge in [0.2, 0.25) is 5.91 Å². The van der Waals surface area contributed by atoms with Gasteiger partial charge in [0, 0.05) is 23.9 Å². The number of nitrogens with one attached hydrogen (secondary N) is 1. The first-order valence-corrected chi connectivity index (χ1v) is 4.16. The number of carbonyl (C=O) groups excluding carboxylic acids is 1. The Hall–Kier alpha value is -2.10. The number of pyridine rings is 1. The molecule has 0 unspecified atom stereocenters. The van der Waals surface area contributed by atoms with Gasteiger partial charge in [-0.3, -0.25) is 4.79 Å². The van der Waals surface area contributed by atoms with Crippen LogP contribution in [0.1, 0.15) is 5.56 Å². The van der Waals surface area contributed by atoms with Gasteiger partial charge in [0.05, 0.1) is 0 Å². The Morgan fingerprint density at radius 3 is 3.21 bits per heavy atom. The number of aromatic nitrogens is 2. The van der Waals surface area contributed by atoms with Gasteiger partial charge < -0.3 is 10.7 Å². The summed E-state index contributed by atoms with van der Waals surface area (Å²) >= 11 is 0. The molecule has 0 saturated carbocycles. The van der Waals surface area contributed by atoms with E-state index in [1.165, 1.54) is 6.08 Å². The monoisotopic (exact) mass is 187 g/mol. The second-order valence-electron chi connectivity index (χ2n) is 2.92. The van der Waals surface area contributed by atoms with Crippen LogP contribution in [-0.2, 0) is 4.79 Å². The molecule has 14 heavy (non-hydrogen) atoms. The predicted molar refractivity (Wildman–Crippen MR) is 54.3 cm³/mol. The molecule has 70 valence electrons. The summed E-state index contributed by atoms with van der Waals surface area (Å²) < 4.78 is 0. The largest absolute Gasteiger partial charge is 0.366 e. The molecule has 0 bridgehead atoms. The smallest absolute Gasteiger partial charge is 0.241 e. The number of aromatic amines is 1. The average molecular weight is 187 g/mol. The molecule has 0 spiro atoms. The lowest BCUT2D eigenvalue weighted by Gasteiger charge is -1.92. The van der Waals surface area contributed by atoms with Gasteiger partial charge in [-0.1, -0.05) is 0 Å². The Labute approximate surface area is 80.4 Å². The third kappa shape index (κ3) is 1.64. The van der Waals surface area contributed by atoms with Crippen LogP contribution in [0.15, 0.2) is 30.6 Å². The molecule has 2 aromatic heterocycles. The van der Waals surface area contributed by atoms with Crippen LogP contribution in [0.2, 0.25) is 0 Å². The Bertz CT molecular complexity index is 499. The summed E-state index contributed by atoms with van der Waals surface area (Å²) in [5, 5.41) is 1.01. The fourth-order valence-corrected chi connectivity index (χ4v) is 1.23. The molecule has 0 atom stereocenters. The number of fused-ring (bicyclic) bond motifs is 1. The molecule has 3 N–H and O–H groups in total. The zero-order valence-corrected chi connectivity index (χ0v) is 7.40. The van der Waals surface area contributed by atoms with Crippen molar-refractivity contribution >= 4 is 23.0 Å². The van der Waals surface area contributed by atoms with Gasteiger partial charge in [-0.25, -0.2) is 4.98 Å². The van der Waals surface area contributed by atoms with Gasteiger partial charge >= 0.3 is 0 Å². The summed E-state index contributed by atoms with van der Waals surface area (Å²) in [6, 6.07) is 3.85. The molecule has 0 aliphatic rings. The summed E-state index contributed by atoms with van der Waals surface area (Å²) in [6.45, 7) is 0. The number of nitrogens with zero attached hydrogens (tertiary/aromatic N) is 1. The maximum Gasteiger partial charge on any atom is 0.241 e. The van der Waals surface area contributed by atoms with Crippen molar-refractivity contribution in [3.05, 3.63) is 36.2 Å². The summed E-state index contributed by atoms with van der Waals surface area (Å²) in [5.74, 6) is -0.459. The molecular formula is C10H9N3O. The Morgan fingerprint density at radius 2 is 2.43 bits per heavy atom. The van der Waals surface area contributed by atoms with Crippen LogP contribution in [0.4, 0.5) is 0 Å². The summed E-state index contributed by atoms with van der Waals surface area (Å²) in [4.78, 5) is 17.6. The Kier molecular flexibility index (Phi) is 2.02. The van der Waals surface area contributed by atoms with Crippen molar-refractivity contribution < 1.29 is 4.79 Å². The minimum absolute atomic E-state index is 0.459. The zero-order chi connectivity index (χ0) is 9.97. The van der Waals surface area contributed by atoms with E-state index in [1.807, 2.05) is 18.3 Å². The highest BCUT2D eigenvalue weighted by atomic mass is 16.1. The third-order valence-electron chi connectivity index (χ3n) is 1.86. The quantitative estimate of drug-likeness (QED) is 0.690. The number of primary amides is 1. The van der Waals surface area contributed by atoms with Crippen molar-refractivity contribution in [2.75, 3.05) is 0 Å². The van der Waals surface area contributed by atoms with Crippen LogP contribution in [-0.4, -0.2) is 15.9 Å². The molecule has 0 fully saturated rings. The third-order valence-corrected chi connectivity index (χ3v) is 1.86. The zero-order valence-electron chi connectivity index (χ0n) is 7.40. The van der Waals surface area contributed by atoms with E-state index in [0.29, 0.717) is 0 Å². The number of carbonyl (C=O) groups is 1. The van der Waals surface area contributed by atoms with Crippen molar-refractivity contribution in [2.45, 2.75) is 0 Å². The molecule has 1 amide bonds. The van der Waals surface area contributed by atoms with E-state index in [1.54, 1.807) is 12.3 Å². The Balaban J connectivity index is 2.39. The van der Waals surface area contributed by atoms with Crippen molar-refractivity contribution in [1.82, 2.24) is 9.97 Å². The van der Waals surface area contributed by atoms with E-state index < -0.39 is 5.91 Å². The summed E-state index contributed by atoms with van der Waals surface area (Å²) in [7, 11) is 0. The van der Waals surface area contributed by atoms with Gasteiger partial charge in [-0.2, -0.15) is 0 Å².